The number of nitrogens with zero attached hydrogens (tertiary/aromatic N) is 1. The van der Waals surface area contributed by atoms with Crippen molar-refractivity contribution in [2.45, 2.75) is 25.4 Å². The van der Waals surface area contributed by atoms with Gasteiger partial charge in [-0.15, -0.1) is 0 Å². The molecule has 0 radical (unpaired) electrons. The van der Waals surface area contributed by atoms with Gasteiger partial charge in [-0.1, -0.05) is 6.92 Å². The van der Waals surface area contributed by atoms with E-state index in [9.17, 15) is 12.8 Å². The Hall–Kier alpha value is -1.93. The Kier molecular flexibility index (Phi) is 4.59. The van der Waals surface area contributed by atoms with Gasteiger partial charge in [-0.25, -0.2) is 4.39 Å². The molecule has 0 spiro atoms. The molecule has 3 N–H and O–H groups in total. The summed E-state index contributed by atoms with van der Waals surface area (Å²) in [6, 6.07) is 3.87. The maximum Gasteiger partial charge on any atom is 0.279 e. The van der Waals surface area contributed by atoms with Crippen LogP contribution in [0.25, 0.3) is 0 Å². The lowest BCUT2D eigenvalue weighted by Gasteiger charge is -2.10. The molecule has 6 nitrogen and oxygen atoms in total. The van der Waals surface area contributed by atoms with Crippen LogP contribution in [0.15, 0.2) is 29.4 Å². The summed E-state index contributed by atoms with van der Waals surface area (Å²) in [6.45, 7) is 4.67. The van der Waals surface area contributed by atoms with Crippen molar-refractivity contribution in [2.75, 3.05) is 11.3 Å². The van der Waals surface area contributed by atoms with E-state index in [1.807, 2.05) is 6.92 Å². The van der Waals surface area contributed by atoms with Crippen LogP contribution in [0.5, 0.6) is 0 Å². The number of benzene rings is 1. The minimum Gasteiger partial charge on any atom is -0.313 e. The second kappa shape index (κ2) is 6.23. The van der Waals surface area contributed by atoms with Crippen LogP contribution in [-0.2, 0) is 16.6 Å². The summed E-state index contributed by atoms with van der Waals surface area (Å²) in [6.07, 6.45) is 1.47. The minimum atomic E-state index is -3.80. The van der Waals surface area contributed by atoms with Crippen LogP contribution in [0.1, 0.15) is 18.1 Å². The number of H-pyrrole nitrogens is 1. The van der Waals surface area contributed by atoms with E-state index in [0.29, 0.717) is 23.4 Å². The minimum absolute atomic E-state index is 0.00664. The molecule has 1 aromatic heterocycles. The topological polar surface area (TPSA) is 86.9 Å². The molecule has 0 aliphatic heterocycles. The number of aromatic amines is 1. The number of aryl methyl sites for hydroxylation is 1. The highest BCUT2D eigenvalue weighted by Gasteiger charge is 2.21. The first-order valence-corrected chi connectivity index (χ1v) is 7.94. The molecule has 0 saturated heterocycles. The summed E-state index contributed by atoms with van der Waals surface area (Å²) >= 11 is 0. The second-order valence-corrected chi connectivity index (χ2v) is 6.19. The normalized spacial score (nSPS) is 11.6. The summed E-state index contributed by atoms with van der Waals surface area (Å²) in [7, 11) is -3.80. The first kappa shape index (κ1) is 15.5. The van der Waals surface area contributed by atoms with E-state index in [4.69, 9.17) is 0 Å². The average molecular weight is 312 g/mol. The van der Waals surface area contributed by atoms with Crippen molar-refractivity contribution in [2.24, 2.45) is 0 Å². The summed E-state index contributed by atoms with van der Waals surface area (Å²) in [5.74, 6) is -0.412. The molecular formula is C13H17FN4O2S. The Morgan fingerprint density at radius 3 is 2.81 bits per heavy atom. The highest BCUT2D eigenvalue weighted by molar-refractivity contribution is 7.92. The van der Waals surface area contributed by atoms with Crippen molar-refractivity contribution >= 4 is 15.7 Å². The Morgan fingerprint density at radius 2 is 2.14 bits per heavy atom. The van der Waals surface area contributed by atoms with Gasteiger partial charge in [0.25, 0.3) is 10.0 Å². The molecule has 114 valence electrons. The Bertz CT molecular complexity index is 728. The molecule has 0 unspecified atom stereocenters. The van der Waals surface area contributed by atoms with E-state index in [0.717, 1.165) is 6.54 Å². The van der Waals surface area contributed by atoms with Gasteiger partial charge in [0.05, 0.1) is 11.9 Å². The fraction of sp³-hybridized carbons (Fsp3) is 0.308. The van der Waals surface area contributed by atoms with Gasteiger partial charge < -0.3 is 5.32 Å². The third-order valence-electron chi connectivity index (χ3n) is 2.95. The zero-order valence-electron chi connectivity index (χ0n) is 11.8. The van der Waals surface area contributed by atoms with Crippen molar-refractivity contribution in [1.29, 1.82) is 0 Å². The molecule has 0 aliphatic rings. The Labute approximate surface area is 122 Å². The number of nitrogens with one attached hydrogen (secondary N) is 3. The molecule has 0 atom stereocenters. The average Bonchev–Trinajstić information content (AvgIpc) is 2.89. The molecule has 2 aromatic rings. The number of hydrogen-bond donors (Lipinski definition) is 3. The lowest BCUT2D eigenvalue weighted by atomic mass is 10.2. The van der Waals surface area contributed by atoms with Gasteiger partial charge in [-0.3, -0.25) is 9.82 Å². The molecular weight excluding hydrogens is 295 g/mol. The van der Waals surface area contributed by atoms with Gasteiger partial charge in [0.1, 0.15) is 5.82 Å². The highest BCUT2D eigenvalue weighted by atomic mass is 32.2. The van der Waals surface area contributed by atoms with Gasteiger partial charge in [-0.2, -0.15) is 13.5 Å². The van der Waals surface area contributed by atoms with Crippen LogP contribution in [0.2, 0.25) is 0 Å². The number of halogens is 1. The van der Waals surface area contributed by atoms with E-state index < -0.39 is 15.8 Å². The van der Waals surface area contributed by atoms with Crippen molar-refractivity contribution in [3.63, 3.8) is 0 Å². The van der Waals surface area contributed by atoms with E-state index >= 15 is 0 Å². The highest BCUT2D eigenvalue weighted by Crippen LogP contribution is 2.21. The van der Waals surface area contributed by atoms with Crippen molar-refractivity contribution in [1.82, 2.24) is 15.5 Å². The fourth-order valence-electron chi connectivity index (χ4n) is 1.85. The number of hydrogen-bond acceptors (Lipinski definition) is 4. The number of rotatable bonds is 6. The second-order valence-electron chi connectivity index (χ2n) is 4.57. The molecule has 1 heterocycles. The lowest BCUT2D eigenvalue weighted by molar-refractivity contribution is 0.594. The first-order valence-electron chi connectivity index (χ1n) is 6.46. The summed E-state index contributed by atoms with van der Waals surface area (Å²) < 4.78 is 40.3. The van der Waals surface area contributed by atoms with Crippen molar-refractivity contribution in [3.8, 4) is 0 Å². The zero-order chi connectivity index (χ0) is 15.5. The molecule has 8 heteroatoms. The van der Waals surface area contributed by atoms with E-state index in [2.05, 4.69) is 20.2 Å². The number of aromatic nitrogens is 2. The molecule has 21 heavy (non-hydrogen) atoms. The van der Waals surface area contributed by atoms with E-state index in [-0.39, 0.29) is 5.03 Å². The van der Waals surface area contributed by atoms with Crippen LogP contribution >= 0.6 is 0 Å². The first-order chi connectivity index (χ1) is 9.94. The summed E-state index contributed by atoms with van der Waals surface area (Å²) in [4.78, 5) is 0. The third kappa shape index (κ3) is 3.59. The maximum atomic E-state index is 13.1. The summed E-state index contributed by atoms with van der Waals surface area (Å²) in [5.41, 5.74) is 1.39. The smallest absolute Gasteiger partial charge is 0.279 e. The third-order valence-corrected chi connectivity index (χ3v) is 4.32. The largest absolute Gasteiger partial charge is 0.313 e. The predicted molar refractivity (Wildman–Crippen MR) is 77.9 cm³/mol. The van der Waals surface area contributed by atoms with Gasteiger partial charge in [0, 0.05) is 12.1 Å². The molecule has 1 aromatic carbocycles. The lowest BCUT2D eigenvalue weighted by Crippen LogP contribution is -2.19. The summed E-state index contributed by atoms with van der Waals surface area (Å²) in [5, 5.41) is 9.32. The van der Waals surface area contributed by atoms with E-state index in [1.54, 1.807) is 6.92 Å². The number of sulfonamides is 1. The molecule has 0 bridgehead atoms. The maximum absolute atomic E-state index is 13.1. The van der Waals surface area contributed by atoms with Crippen LogP contribution in [-0.4, -0.2) is 25.2 Å². The monoisotopic (exact) mass is 312 g/mol. The Balaban J connectivity index is 2.28. The van der Waals surface area contributed by atoms with Gasteiger partial charge in [0.15, 0.2) is 5.03 Å². The van der Waals surface area contributed by atoms with Crippen LogP contribution < -0.4 is 10.0 Å². The van der Waals surface area contributed by atoms with Crippen LogP contribution in [0, 0.1) is 12.7 Å². The molecule has 2 rings (SSSR count). The van der Waals surface area contributed by atoms with Gasteiger partial charge in [0.2, 0.25) is 0 Å². The molecule has 0 fully saturated rings. The van der Waals surface area contributed by atoms with Gasteiger partial charge >= 0.3 is 0 Å². The van der Waals surface area contributed by atoms with Gasteiger partial charge in [-0.05, 0) is 37.2 Å². The fourth-order valence-corrected chi connectivity index (χ4v) is 3.12. The quantitative estimate of drug-likeness (QED) is 0.758. The Morgan fingerprint density at radius 1 is 1.38 bits per heavy atom. The molecule has 0 amide bonds. The van der Waals surface area contributed by atoms with Crippen LogP contribution in [0.3, 0.4) is 0 Å². The zero-order valence-corrected chi connectivity index (χ0v) is 12.6. The standard InChI is InChI=1S/C13H17FN4O2S/c1-3-15-7-10-8-16-17-13(10)21(19,20)18-12-5-4-11(14)6-9(12)2/h4-6,8,15,18H,3,7H2,1-2H3,(H,16,17). The SMILES string of the molecule is CCNCc1cn[nH]c1S(=O)(=O)Nc1ccc(F)cc1C. The van der Waals surface area contributed by atoms with Crippen molar-refractivity contribution < 1.29 is 12.8 Å². The molecule has 0 aliphatic carbocycles. The molecule has 0 saturated carbocycles. The predicted octanol–water partition coefficient (Wildman–Crippen LogP) is 1.77. The number of anilines is 1. The van der Waals surface area contributed by atoms with E-state index in [1.165, 1.54) is 24.4 Å². The van der Waals surface area contributed by atoms with Crippen molar-refractivity contribution in [3.05, 3.63) is 41.3 Å². The van der Waals surface area contributed by atoms with Crippen LogP contribution in [0.4, 0.5) is 10.1 Å².